The van der Waals surface area contributed by atoms with E-state index in [1.54, 1.807) is 0 Å². The Hall–Kier alpha value is -0.210. The van der Waals surface area contributed by atoms with Crippen LogP contribution in [0.5, 0.6) is 0 Å². The molecular formula is C17H33F3. The maximum Gasteiger partial charge on any atom is 0.392 e. The van der Waals surface area contributed by atoms with Gasteiger partial charge in [0, 0.05) is 0 Å². The molecule has 0 radical (unpaired) electrons. The number of hydrogen-bond donors (Lipinski definition) is 0. The molecule has 0 aromatic carbocycles. The summed E-state index contributed by atoms with van der Waals surface area (Å²) in [6.45, 7) is 17.2. The van der Waals surface area contributed by atoms with Gasteiger partial charge in [0.25, 0.3) is 0 Å². The third kappa shape index (κ3) is 3.92. The van der Waals surface area contributed by atoms with Gasteiger partial charge in [-0.3, -0.25) is 0 Å². The molecule has 0 aliphatic carbocycles. The van der Waals surface area contributed by atoms with Gasteiger partial charge in [-0.25, -0.2) is 0 Å². The van der Waals surface area contributed by atoms with Gasteiger partial charge in [0.1, 0.15) is 0 Å². The average Bonchev–Trinajstić information content (AvgIpc) is 2.20. The molecular weight excluding hydrogens is 261 g/mol. The highest BCUT2D eigenvalue weighted by Crippen LogP contribution is 2.55. The summed E-state index contributed by atoms with van der Waals surface area (Å²) in [6, 6.07) is 0. The molecule has 0 spiro atoms. The molecule has 0 aliphatic heterocycles. The summed E-state index contributed by atoms with van der Waals surface area (Å²) >= 11 is 0. The molecule has 1 unspecified atom stereocenters. The molecule has 0 amide bonds. The van der Waals surface area contributed by atoms with Crippen LogP contribution in [-0.2, 0) is 0 Å². The first kappa shape index (κ1) is 19.8. The van der Waals surface area contributed by atoms with Gasteiger partial charge in [0.15, 0.2) is 0 Å². The summed E-state index contributed by atoms with van der Waals surface area (Å²) in [4.78, 5) is 0. The lowest BCUT2D eigenvalue weighted by Gasteiger charge is -2.50. The van der Waals surface area contributed by atoms with Crippen molar-refractivity contribution in [1.82, 2.24) is 0 Å². The quantitative estimate of drug-likeness (QED) is 0.531. The van der Waals surface area contributed by atoms with Gasteiger partial charge < -0.3 is 0 Å². The van der Waals surface area contributed by atoms with Crippen LogP contribution in [-0.4, -0.2) is 6.18 Å². The largest absolute Gasteiger partial charge is 0.392 e. The highest BCUT2D eigenvalue weighted by Gasteiger charge is 2.57. The lowest BCUT2D eigenvalue weighted by molar-refractivity contribution is -0.246. The molecule has 0 N–H and O–H groups in total. The lowest BCUT2D eigenvalue weighted by atomic mass is 9.55. The second-order valence-corrected chi connectivity index (χ2v) is 7.76. The zero-order chi connectivity index (χ0) is 16.5. The summed E-state index contributed by atoms with van der Waals surface area (Å²) in [6.07, 6.45) is -4.15. The first-order valence-electron chi connectivity index (χ1n) is 7.84. The Morgan fingerprint density at radius 2 is 0.950 bits per heavy atom. The predicted molar refractivity (Wildman–Crippen MR) is 80.5 cm³/mol. The molecule has 0 bridgehead atoms. The van der Waals surface area contributed by atoms with E-state index in [-0.39, 0.29) is 29.6 Å². The molecule has 0 nitrogen and oxygen atoms in total. The Morgan fingerprint density at radius 1 is 0.650 bits per heavy atom. The van der Waals surface area contributed by atoms with Crippen molar-refractivity contribution >= 4 is 0 Å². The van der Waals surface area contributed by atoms with Gasteiger partial charge in [-0.1, -0.05) is 62.3 Å². The fourth-order valence-electron chi connectivity index (χ4n) is 3.91. The standard InChI is InChI=1S/C17H33F3/c1-10(2)14(11(3)4)15(17(18,19)20)16(9,12(5)6)13(7)8/h10-15H,1-9H3. The van der Waals surface area contributed by atoms with E-state index in [0.29, 0.717) is 0 Å². The van der Waals surface area contributed by atoms with Crippen molar-refractivity contribution in [1.29, 1.82) is 0 Å². The van der Waals surface area contributed by atoms with Gasteiger partial charge in [-0.2, -0.15) is 13.2 Å². The minimum atomic E-state index is -4.15. The first-order chi connectivity index (χ1) is 8.77. The number of alkyl halides is 3. The van der Waals surface area contributed by atoms with E-state index in [1.807, 2.05) is 62.3 Å². The molecule has 1 atom stereocenters. The topological polar surface area (TPSA) is 0 Å². The zero-order valence-electron chi connectivity index (χ0n) is 14.6. The van der Waals surface area contributed by atoms with E-state index in [4.69, 9.17) is 0 Å². The highest BCUT2D eigenvalue weighted by molar-refractivity contribution is 4.96. The molecule has 122 valence electrons. The zero-order valence-corrected chi connectivity index (χ0v) is 14.6. The van der Waals surface area contributed by atoms with Crippen molar-refractivity contribution in [2.75, 3.05) is 0 Å². The predicted octanol–water partition coefficient (Wildman–Crippen LogP) is 6.41. The van der Waals surface area contributed by atoms with E-state index in [1.165, 1.54) is 0 Å². The molecule has 0 saturated carbocycles. The molecule has 0 aromatic rings. The van der Waals surface area contributed by atoms with Crippen LogP contribution in [0.15, 0.2) is 0 Å². The summed E-state index contributed by atoms with van der Waals surface area (Å²) in [7, 11) is 0. The second-order valence-electron chi connectivity index (χ2n) is 7.76. The Morgan fingerprint density at radius 3 is 1.10 bits per heavy atom. The van der Waals surface area contributed by atoms with E-state index in [0.717, 1.165) is 0 Å². The average molecular weight is 294 g/mol. The molecule has 0 heterocycles. The van der Waals surface area contributed by atoms with Crippen LogP contribution >= 0.6 is 0 Å². The van der Waals surface area contributed by atoms with Crippen molar-refractivity contribution in [2.24, 2.45) is 40.9 Å². The van der Waals surface area contributed by atoms with Crippen LogP contribution in [0, 0.1) is 40.9 Å². The minimum Gasteiger partial charge on any atom is -0.171 e. The van der Waals surface area contributed by atoms with Crippen molar-refractivity contribution < 1.29 is 13.2 Å². The van der Waals surface area contributed by atoms with Crippen LogP contribution in [0.1, 0.15) is 62.3 Å². The van der Waals surface area contributed by atoms with Gasteiger partial charge in [-0.15, -0.1) is 0 Å². The van der Waals surface area contributed by atoms with Crippen LogP contribution < -0.4 is 0 Å². The second kappa shape index (κ2) is 6.70. The highest BCUT2D eigenvalue weighted by atomic mass is 19.4. The van der Waals surface area contributed by atoms with Crippen LogP contribution in [0.2, 0.25) is 0 Å². The maximum atomic E-state index is 13.9. The molecule has 3 heteroatoms. The molecule has 0 rings (SSSR count). The minimum absolute atomic E-state index is 0.00544. The lowest BCUT2D eigenvalue weighted by Crippen LogP contribution is -2.51. The fourth-order valence-corrected chi connectivity index (χ4v) is 3.91. The first-order valence-corrected chi connectivity index (χ1v) is 7.84. The van der Waals surface area contributed by atoms with Gasteiger partial charge in [0.05, 0.1) is 5.92 Å². The number of rotatable bonds is 6. The van der Waals surface area contributed by atoms with Gasteiger partial charge in [-0.05, 0) is 35.0 Å². The molecule has 0 aromatic heterocycles. The van der Waals surface area contributed by atoms with Crippen molar-refractivity contribution in [3.8, 4) is 0 Å². The SMILES string of the molecule is CC(C)C(C(C)C)C(C(F)(F)F)C(C)(C(C)C)C(C)C. The van der Waals surface area contributed by atoms with Crippen LogP contribution in [0.4, 0.5) is 13.2 Å². The molecule has 0 saturated heterocycles. The Labute approximate surface area is 123 Å². The van der Waals surface area contributed by atoms with Crippen molar-refractivity contribution in [3.05, 3.63) is 0 Å². The smallest absolute Gasteiger partial charge is 0.171 e. The molecule has 20 heavy (non-hydrogen) atoms. The summed E-state index contributed by atoms with van der Waals surface area (Å²) in [5.74, 6) is -1.56. The van der Waals surface area contributed by atoms with E-state index in [9.17, 15) is 13.2 Å². The normalized spacial score (nSPS) is 16.1. The number of halogens is 3. The van der Waals surface area contributed by atoms with Gasteiger partial charge in [0.2, 0.25) is 0 Å². The third-order valence-corrected chi connectivity index (χ3v) is 5.44. The fraction of sp³-hybridized carbons (Fsp3) is 1.00. The van der Waals surface area contributed by atoms with Crippen LogP contribution in [0.3, 0.4) is 0 Å². The third-order valence-electron chi connectivity index (χ3n) is 5.44. The Kier molecular flexibility index (Phi) is 6.63. The Balaban J connectivity index is 6.02. The molecule has 0 fully saturated rings. The monoisotopic (exact) mass is 294 g/mol. The summed E-state index contributed by atoms with van der Waals surface area (Å²) < 4.78 is 41.7. The van der Waals surface area contributed by atoms with Crippen molar-refractivity contribution in [3.63, 3.8) is 0 Å². The Bertz CT molecular complexity index is 271. The van der Waals surface area contributed by atoms with E-state index >= 15 is 0 Å². The maximum absolute atomic E-state index is 13.9. The van der Waals surface area contributed by atoms with Crippen molar-refractivity contribution in [2.45, 2.75) is 68.5 Å². The van der Waals surface area contributed by atoms with E-state index < -0.39 is 17.5 Å². The molecule has 0 aliphatic rings. The van der Waals surface area contributed by atoms with Gasteiger partial charge >= 0.3 is 6.18 Å². The van der Waals surface area contributed by atoms with E-state index in [2.05, 4.69) is 0 Å². The number of hydrogen-bond acceptors (Lipinski definition) is 0. The summed E-state index contributed by atoms with van der Waals surface area (Å²) in [5.41, 5.74) is -0.739. The van der Waals surface area contributed by atoms with Crippen LogP contribution in [0.25, 0.3) is 0 Å². The summed E-state index contributed by atoms with van der Waals surface area (Å²) in [5, 5.41) is 0.